The second-order valence-corrected chi connectivity index (χ2v) is 5.74. The Hall–Kier alpha value is -1.91. The van der Waals surface area contributed by atoms with Crippen molar-refractivity contribution in [3.8, 4) is 0 Å². The molecule has 21 heavy (non-hydrogen) atoms. The van der Waals surface area contributed by atoms with Crippen LogP contribution in [0.2, 0.25) is 10.0 Å². The fraction of sp³-hybridized carbons (Fsp3) is 0.133. The Labute approximate surface area is 132 Å². The molecule has 2 aromatic carbocycles. The molecule has 1 atom stereocenters. The normalized spacial score (nSPS) is 12.5. The van der Waals surface area contributed by atoms with Crippen LogP contribution in [-0.4, -0.2) is 9.97 Å². The van der Waals surface area contributed by atoms with Crippen LogP contribution in [0.5, 0.6) is 0 Å². The number of benzene rings is 2. The molecule has 1 unspecified atom stereocenters. The second-order valence-electron chi connectivity index (χ2n) is 4.89. The van der Waals surface area contributed by atoms with Gasteiger partial charge in [0.25, 0.3) is 0 Å². The molecule has 0 bridgehead atoms. The van der Waals surface area contributed by atoms with Gasteiger partial charge in [-0.25, -0.2) is 4.98 Å². The molecule has 1 aromatic heterocycles. The minimum absolute atomic E-state index is 0.00678. The molecule has 0 aliphatic carbocycles. The average molecular weight is 321 g/mol. The van der Waals surface area contributed by atoms with Crippen molar-refractivity contribution in [2.24, 2.45) is 0 Å². The van der Waals surface area contributed by atoms with Crippen LogP contribution < -0.4 is 11.1 Å². The fourth-order valence-corrected chi connectivity index (χ4v) is 2.80. The van der Waals surface area contributed by atoms with E-state index in [9.17, 15) is 0 Å². The Morgan fingerprint density at radius 2 is 2.00 bits per heavy atom. The molecule has 0 saturated carbocycles. The van der Waals surface area contributed by atoms with Crippen molar-refractivity contribution in [1.82, 2.24) is 9.97 Å². The van der Waals surface area contributed by atoms with Gasteiger partial charge in [0.2, 0.25) is 5.95 Å². The standard InChI is InChI=1S/C15H14Cl2N4/c1-8(11-4-2-9(16)6-12(11)17)19-15-20-13-5-3-10(18)7-14(13)21-15/h2-8H,18H2,1H3,(H2,19,20,21). The van der Waals surface area contributed by atoms with Crippen LogP contribution >= 0.6 is 23.2 Å². The third-order valence-electron chi connectivity index (χ3n) is 3.29. The number of aromatic nitrogens is 2. The first kappa shape index (κ1) is 14.0. The van der Waals surface area contributed by atoms with Crippen LogP contribution in [0.4, 0.5) is 11.6 Å². The van der Waals surface area contributed by atoms with E-state index in [1.165, 1.54) is 0 Å². The van der Waals surface area contributed by atoms with E-state index in [4.69, 9.17) is 28.9 Å². The van der Waals surface area contributed by atoms with Crippen molar-refractivity contribution in [2.45, 2.75) is 13.0 Å². The fourth-order valence-electron chi connectivity index (χ4n) is 2.23. The van der Waals surface area contributed by atoms with Crippen molar-refractivity contribution in [2.75, 3.05) is 11.1 Å². The summed E-state index contributed by atoms with van der Waals surface area (Å²) in [5.41, 5.74) is 9.16. The molecule has 4 N–H and O–H groups in total. The number of nitrogen functional groups attached to an aromatic ring is 1. The number of anilines is 2. The first-order valence-electron chi connectivity index (χ1n) is 6.49. The molecule has 0 saturated heterocycles. The second kappa shape index (κ2) is 5.47. The summed E-state index contributed by atoms with van der Waals surface area (Å²) in [5, 5.41) is 4.54. The number of aromatic amines is 1. The van der Waals surface area contributed by atoms with Gasteiger partial charge in [-0.15, -0.1) is 0 Å². The smallest absolute Gasteiger partial charge is 0.201 e. The van der Waals surface area contributed by atoms with E-state index >= 15 is 0 Å². The van der Waals surface area contributed by atoms with Gasteiger partial charge < -0.3 is 16.0 Å². The van der Waals surface area contributed by atoms with Gasteiger partial charge in [-0.05, 0) is 42.8 Å². The zero-order valence-electron chi connectivity index (χ0n) is 11.3. The van der Waals surface area contributed by atoms with Crippen molar-refractivity contribution in [3.05, 3.63) is 52.0 Å². The number of nitrogens with two attached hydrogens (primary N) is 1. The molecule has 4 nitrogen and oxygen atoms in total. The first-order valence-corrected chi connectivity index (χ1v) is 7.25. The van der Waals surface area contributed by atoms with Gasteiger partial charge in [0.15, 0.2) is 0 Å². The summed E-state index contributed by atoms with van der Waals surface area (Å²) >= 11 is 12.1. The predicted molar refractivity (Wildman–Crippen MR) is 89.0 cm³/mol. The lowest BCUT2D eigenvalue weighted by molar-refractivity contribution is 0.869. The number of halogens is 2. The van der Waals surface area contributed by atoms with Crippen LogP contribution in [0.25, 0.3) is 11.0 Å². The van der Waals surface area contributed by atoms with Gasteiger partial charge in [0, 0.05) is 15.7 Å². The van der Waals surface area contributed by atoms with Gasteiger partial charge >= 0.3 is 0 Å². The molecule has 0 fully saturated rings. The molecule has 0 amide bonds. The van der Waals surface area contributed by atoms with Gasteiger partial charge in [-0.1, -0.05) is 29.3 Å². The molecular weight excluding hydrogens is 307 g/mol. The van der Waals surface area contributed by atoms with E-state index in [0.29, 0.717) is 21.7 Å². The number of nitrogens with zero attached hydrogens (tertiary/aromatic N) is 1. The Kier molecular flexibility index (Phi) is 3.66. The van der Waals surface area contributed by atoms with Crippen LogP contribution in [0.15, 0.2) is 36.4 Å². The Bertz CT molecular complexity index is 797. The third kappa shape index (κ3) is 2.91. The molecule has 6 heteroatoms. The highest BCUT2D eigenvalue weighted by Crippen LogP contribution is 2.28. The van der Waals surface area contributed by atoms with Crippen molar-refractivity contribution in [1.29, 1.82) is 0 Å². The number of nitrogens with one attached hydrogen (secondary N) is 2. The molecule has 3 aromatic rings. The summed E-state index contributed by atoms with van der Waals surface area (Å²) in [7, 11) is 0. The number of rotatable bonds is 3. The van der Waals surface area contributed by atoms with Crippen LogP contribution in [0.3, 0.4) is 0 Å². The Morgan fingerprint density at radius 1 is 1.19 bits per heavy atom. The lowest BCUT2D eigenvalue weighted by Crippen LogP contribution is -2.08. The van der Waals surface area contributed by atoms with E-state index in [1.807, 2.05) is 37.3 Å². The Balaban J connectivity index is 1.87. The van der Waals surface area contributed by atoms with Crippen molar-refractivity contribution >= 4 is 45.9 Å². The maximum atomic E-state index is 6.22. The molecule has 108 valence electrons. The highest BCUT2D eigenvalue weighted by Gasteiger charge is 2.12. The monoisotopic (exact) mass is 320 g/mol. The number of hydrogen-bond acceptors (Lipinski definition) is 3. The lowest BCUT2D eigenvalue weighted by atomic mass is 10.1. The van der Waals surface area contributed by atoms with E-state index in [2.05, 4.69) is 15.3 Å². The van der Waals surface area contributed by atoms with E-state index in [1.54, 1.807) is 6.07 Å². The summed E-state index contributed by atoms with van der Waals surface area (Å²) in [6, 6.07) is 11.0. The topological polar surface area (TPSA) is 66.7 Å². The number of fused-ring (bicyclic) bond motifs is 1. The summed E-state index contributed by atoms with van der Waals surface area (Å²) in [5.74, 6) is 0.675. The highest BCUT2D eigenvalue weighted by molar-refractivity contribution is 6.35. The average Bonchev–Trinajstić information content (AvgIpc) is 2.79. The van der Waals surface area contributed by atoms with Crippen molar-refractivity contribution in [3.63, 3.8) is 0 Å². The van der Waals surface area contributed by atoms with Gasteiger partial charge in [0.1, 0.15) is 0 Å². The van der Waals surface area contributed by atoms with Gasteiger partial charge in [-0.2, -0.15) is 0 Å². The SMILES string of the molecule is CC(Nc1nc2cc(N)ccc2[nH]1)c1ccc(Cl)cc1Cl. The van der Waals surface area contributed by atoms with Gasteiger partial charge in [-0.3, -0.25) is 0 Å². The summed E-state index contributed by atoms with van der Waals surface area (Å²) in [6.07, 6.45) is 0. The lowest BCUT2D eigenvalue weighted by Gasteiger charge is -2.15. The molecule has 3 rings (SSSR count). The molecule has 0 aliphatic heterocycles. The maximum absolute atomic E-state index is 6.22. The highest BCUT2D eigenvalue weighted by atomic mass is 35.5. The molecular formula is C15H14Cl2N4. The quantitative estimate of drug-likeness (QED) is 0.616. The van der Waals surface area contributed by atoms with Crippen LogP contribution in [-0.2, 0) is 0 Å². The minimum atomic E-state index is -0.00678. The maximum Gasteiger partial charge on any atom is 0.201 e. The summed E-state index contributed by atoms with van der Waals surface area (Å²) < 4.78 is 0. The summed E-state index contributed by atoms with van der Waals surface area (Å²) in [4.78, 5) is 7.68. The zero-order valence-corrected chi connectivity index (χ0v) is 12.8. The molecule has 0 radical (unpaired) electrons. The van der Waals surface area contributed by atoms with Crippen LogP contribution in [0, 0.1) is 0 Å². The minimum Gasteiger partial charge on any atom is -0.399 e. The number of hydrogen-bond donors (Lipinski definition) is 3. The largest absolute Gasteiger partial charge is 0.399 e. The molecule has 0 spiro atoms. The van der Waals surface area contributed by atoms with Gasteiger partial charge in [0.05, 0.1) is 17.1 Å². The van der Waals surface area contributed by atoms with E-state index in [0.717, 1.165) is 16.6 Å². The van der Waals surface area contributed by atoms with E-state index in [-0.39, 0.29) is 6.04 Å². The van der Waals surface area contributed by atoms with Crippen LogP contribution in [0.1, 0.15) is 18.5 Å². The molecule has 1 heterocycles. The zero-order chi connectivity index (χ0) is 15.0. The Morgan fingerprint density at radius 3 is 2.76 bits per heavy atom. The number of imidazole rings is 1. The summed E-state index contributed by atoms with van der Waals surface area (Å²) in [6.45, 7) is 2.01. The van der Waals surface area contributed by atoms with Crippen molar-refractivity contribution < 1.29 is 0 Å². The number of H-pyrrole nitrogens is 1. The first-order chi connectivity index (χ1) is 10.0. The van der Waals surface area contributed by atoms with E-state index < -0.39 is 0 Å². The predicted octanol–water partition coefficient (Wildman–Crippen LogP) is 4.63. The third-order valence-corrected chi connectivity index (χ3v) is 3.85. The molecule has 0 aliphatic rings.